The smallest absolute Gasteiger partial charge is 0.0226 e. The van der Waals surface area contributed by atoms with Gasteiger partial charge in [0, 0.05) is 11.9 Å². The van der Waals surface area contributed by atoms with E-state index in [1.165, 1.54) is 29.7 Å². The molecule has 0 unspecified atom stereocenters. The molecule has 1 nitrogen and oxygen atoms in total. The van der Waals surface area contributed by atoms with Gasteiger partial charge < -0.3 is 4.98 Å². The quantitative estimate of drug-likeness (QED) is 0.628. The molecule has 0 aliphatic heterocycles. The largest absolute Gasteiger partial charge is 0.364 e. The zero-order chi connectivity index (χ0) is 7.68. The highest BCUT2D eigenvalue weighted by atomic mass is 14.7. The fourth-order valence-electron chi connectivity index (χ4n) is 1.66. The lowest BCUT2D eigenvalue weighted by Gasteiger charge is -2.04. The van der Waals surface area contributed by atoms with Crippen molar-refractivity contribution in [1.82, 2.24) is 4.98 Å². The Morgan fingerprint density at radius 2 is 2.45 bits per heavy atom. The Morgan fingerprint density at radius 1 is 1.55 bits per heavy atom. The molecule has 0 amide bonds. The summed E-state index contributed by atoms with van der Waals surface area (Å²) in [7, 11) is 0. The average Bonchev–Trinajstić information content (AvgIpc) is 2.47. The highest BCUT2D eigenvalue weighted by Gasteiger charge is 2.08. The lowest BCUT2D eigenvalue weighted by molar-refractivity contribution is 0.944. The molecule has 0 bridgehead atoms. The monoisotopic (exact) mass is 147 g/mol. The molecular weight excluding hydrogens is 134 g/mol. The predicted octanol–water partition coefficient (Wildman–Crippen LogP) is 2.54. The summed E-state index contributed by atoms with van der Waals surface area (Å²) >= 11 is 0. The van der Waals surface area contributed by atoms with Gasteiger partial charge in [0.15, 0.2) is 0 Å². The molecule has 0 saturated carbocycles. The van der Waals surface area contributed by atoms with Crippen molar-refractivity contribution in [3.8, 4) is 0 Å². The first-order chi connectivity index (χ1) is 5.42. The Balaban J connectivity index is 2.48. The second kappa shape index (κ2) is 2.57. The number of aromatic nitrogens is 1. The van der Waals surface area contributed by atoms with Crippen LogP contribution in [0.5, 0.6) is 0 Å². The van der Waals surface area contributed by atoms with Crippen LogP contribution in [0.25, 0.3) is 6.08 Å². The van der Waals surface area contributed by atoms with Crippen LogP contribution in [0.3, 0.4) is 0 Å². The molecule has 1 aromatic rings. The predicted molar refractivity (Wildman–Crippen MR) is 47.5 cm³/mol. The van der Waals surface area contributed by atoms with Crippen LogP contribution in [0.1, 0.15) is 30.2 Å². The van der Waals surface area contributed by atoms with Gasteiger partial charge in [-0.15, -0.1) is 0 Å². The van der Waals surface area contributed by atoms with Crippen LogP contribution in [0.4, 0.5) is 0 Å². The van der Waals surface area contributed by atoms with Crippen molar-refractivity contribution in [2.24, 2.45) is 0 Å². The highest BCUT2D eigenvalue weighted by Crippen LogP contribution is 2.22. The van der Waals surface area contributed by atoms with E-state index in [4.69, 9.17) is 0 Å². The Bertz CT molecular complexity index is 281. The molecule has 0 aromatic carbocycles. The summed E-state index contributed by atoms with van der Waals surface area (Å²) in [5.74, 6) is 0. The summed E-state index contributed by atoms with van der Waals surface area (Å²) in [5, 5.41) is 0. The van der Waals surface area contributed by atoms with Gasteiger partial charge in [-0.2, -0.15) is 0 Å². The third-order valence-electron chi connectivity index (χ3n) is 2.32. The Labute approximate surface area is 67.1 Å². The summed E-state index contributed by atoms with van der Waals surface area (Å²) in [6.07, 6.45) is 10.2. The molecule has 11 heavy (non-hydrogen) atoms. The number of aryl methyl sites for hydroxylation is 2. The van der Waals surface area contributed by atoms with E-state index >= 15 is 0 Å². The molecule has 2 rings (SSSR count). The van der Waals surface area contributed by atoms with Crippen LogP contribution in [-0.2, 0) is 12.8 Å². The number of nitrogens with one attached hydrogen (secondary N) is 1. The van der Waals surface area contributed by atoms with Crippen LogP contribution in [-0.4, -0.2) is 4.98 Å². The van der Waals surface area contributed by atoms with Gasteiger partial charge in [-0.1, -0.05) is 19.1 Å². The molecule has 1 aromatic heterocycles. The number of H-pyrrole nitrogens is 1. The topological polar surface area (TPSA) is 15.8 Å². The molecule has 1 aliphatic carbocycles. The zero-order valence-electron chi connectivity index (χ0n) is 6.85. The third kappa shape index (κ3) is 1.01. The number of rotatable bonds is 1. The van der Waals surface area contributed by atoms with Crippen molar-refractivity contribution in [3.63, 3.8) is 0 Å². The molecule has 58 valence electrons. The Morgan fingerprint density at radius 3 is 3.27 bits per heavy atom. The zero-order valence-corrected chi connectivity index (χ0v) is 6.85. The summed E-state index contributed by atoms with van der Waals surface area (Å²) in [6, 6.07) is 0. The molecular formula is C10H13N. The minimum atomic E-state index is 1.14. The maximum Gasteiger partial charge on any atom is 0.0226 e. The van der Waals surface area contributed by atoms with Gasteiger partial charge in [-0.25, -0.2) is 0 Å². The summed E-state index contributed by atoms with van der Waals surface area (Å²) in [4.78, 5) is 3.33. The van der Waals surface area contributed by atoms with Crippen molar-refractivity contribution in [2.75, 3.05) is 0 Å². The molecule has 0 atom stereocenters. The van der Waals surface area contributed by atoms with Crippen molar-refractivity contribution >= 4 is 6.08 Å². The second-order valence-corrected chi connectivity index (χ2v) is 3.00. The highest BCUT2D eigenvalue weighted by molar-refractivity contribution is 5.58. The van der Waals surface area contributed by atoms with Gasteiger partial charge in [0.25, 0.3) is 0 Å². The van der Waals surface area contributed by atoms with E-state index in [0.29, 0.717) is 0 Å². The summed E-state index contributed by atoms with van der Waals surface area (Å²) in [5.41, 5.74) is 4.32. The van der Waals surface area contributed by atoms with E-state index in [2.05, 4.69) is 30.3 Å². The molecule has 0 radical (unpaired) electrons. The van der Waals surface area contributed by atoms with E-state index < -0.39 is 0 Å². The van der Waals surface area contributed by atoms with Crippen LogP contribution in [0.2, 0.25) is 0 Å². The van der Waals surface area contributed by atoms with Crippen molar-refractivity contribution in [1.29, 1.82) is 0 Å². The molecule has 1 heteroatoms. The van der Waals surface area contributed by atoms with Gasteiger partial charge in [0.05, 0.1) is 0 Å². The number of fused-ring (bicyclic) bond motifs is 1. The molecule has 0 spiro atoms. The molecule has 0 fully saturated rings. The van der Waals surface area contributed by atoms with E-state index in [9.17, 15) is 0 Å². The van der Waals surface area contributed by atoms with Crippen molar-refractivity contribution in [3.05, 3.63) is 29.1 Å². The minimum absolute atomic E-state index is 1.14. The first-order valence-corrected chi connectivity index (χ1v) is 4.27. The molecule has 0 saturated heterocycles. The lowest BCUT2D eigenvalue weighted by atomic mass is 10.0. The van der Waals surface area contributed by atoms with Gasteiger partial charge >= 0.3 is 0 Å². The first-order valence-electron chi connectivity index (χ1n) is 4.27. The molecule has 1 N–H and O–H groups in total. The fourth-order valence-corrected chi connectivity index (χ4v) is 1.66. The Kier molecular flexibility index (Phi) is 1.57. The third-order valence-corrected chi connectivity index (χ3v) is 2.32. The second-order valence-electron chi connectivity index (χ2n) is 3.00. The lowest BCUT2D eigenvalue weighted by Crippen LogP contribution is -1.92. The summed E-state index contributed by atoms with van der Waals surface area (Å²) in [6.45, 7) is 2.20. The van der Waals surface area contributed by atoms with Gasteiger partial charge in [-0.05, 0) is 30.4 Å². The van der Waals surface area contributed by atoms with Crippen LogP contribution in [0.15, 0.2) is 12.3 Å². The van der Waals surface area contributed by atoms with Crippen LogP contribution in [0, 0.1) is 0 Å². The van der Waals surface area contributed by atoms with Crippen LogP contribution >= 0.6 is 0 Å². The maximum absolute atomic E-state index is 3.33. The van der Waals surface area contributed by atoms with E-state index in [0.717, 1.165) is 6.42 Å². The van der Waals surface area contributed by atoms with Crippen molar-refractivity contribution < 1.29 is 0 Å². The number of hydrogen-bond donors (Lipinski definition) is 1. The standard InChI is InChI=1S/C10H13N/c1-2-8-7-11-10-6-4-3-5-9(8)10/h3,5,7,11H,2,4,6H2,1H3. The van der Waals surface area contributed by atoms with E-state index in [1.807, 2.05) is 0 Å². The van der Waals surface area contributed by atoms with Crippen molar-refractivity contribution in [2.45, 2.75) is 26.2 Å². The number of allylic oxidation sites excluding steroid dienone is 1. The Hall–Kier alpha value is -0.980. The number of hydrogen-bond acceptors (Lipinski definition) is 0. The summed E-state index contributed by atoms with van der Waals surface area (Å²) < 4.78 is 0. The maximum atomic E-state index is 3.33. The van der Waals surface area contributed by atoms with Gasteiger partial charge in [0.2, 0.25) is 0 Å². The van der Waals surface area contributed by atoms with Gasteiger partial charge in [0.1, 0.15) is 0 Å². The van der Waals surface area contributed by atoms with E-state index in [1.54, 1.807) is 0 Å². The molecule has 1 aliphatic rings. The fraction of sp³-hybridized carbons (Fsp3) is 0.400. The number of aromatic amines is 1. The van der Waals surface area contributed by atoms with E-state index in [-0.39, 0.29) is 0 Å². The average molecular weight is 147 g/mol. The molecule has 1 heterocycles. The SMILES string of the molecule is CCc1c[nH]c2c1C=CCC2. The minimum Gasteiger partial charge on any atom is -0.364 e. The first kappa shape index (κ1) is 6.71. The van der Waals surface area contributed by atoms with Gasteiger partial charge in [-0.3, -0.25) is 0 Å². The van der Waals surface area contributed by atoms with Crippen LogP contribution < -0.4 is 0 Å². The normalized spacial score (nSPS) is 15.0.